The Morgan fingerprint density at radius 3 is 2.95 bits per heavy atom. The van der Waals surface area contributed by atoms with E-state index < -0.39 is 0 Å². The van der Waals surface area contributed by atoms with E-state index in [1.165, 1.54) is 19.3 Å². The lowest BCUT2D eigenvalue weighted by Crippen LogP contribution is -2.46. The number of hydrogen-bond donors (Lipinski definition) is 1. The molecule has 4 nitrogen and oxygen atoms in total. The second kappa shape index (κ2) is 7.48. The molecule has 1 saturated heterocycles. The van der Waals surface area contributed by atoms with E-state index in [9.17, 15) is 4.79 Å². The highest BCUT2D eigenvalue weighted by Gasteiger charge is 2.23. The van der Waals surface area contributed by atoms with Crippen molar-refractivity contribution in [2.75, 3.05) is 19.6 Å². The monoisotopic (exact) mass is 278 g/mol. The molecule has 0 aromatic carbocycles. The topological polar surface area (TPSA) is 45.5 Å². The zero-order chi connectivity index (χ0) is 14.4. The van der Waals surface area contributed by atoms with Crippen LogP contribution in [0.15, 0.2) is 16.7 Å². The third-order valence-corrected chi connectivity index (χ3v) is 3.93. The third-order valence-electron chi connectivity index (χ3n) is 3.93. The predicted octanol–water partition coefficient (Wildman–Crippen LogP) is 2.84. The second-order valence-corrected chi connectivity index (χ2v) is 5.51. The molecule has 1 aromatic heterocycles. The summed E-state index contributed by atoms with van der Waals surface area (Å²) in [5.74, 6) is 0.914. The number of hydrogen-bond acceptors (Lipinski definition) is 3. The molecule has 1 N–H and O–H groups in total. The summed E-state index contributed by atoms with van der Waals surface area (Å²) in [6, 6.07) is 2.24. The average molecular weight is 278 g/mol. The van der Waals surface area contributed by atoms with Crippen molar-refractivity contribution in [3.8, 4) is 0 Å². The minimum atomic E-state index is 0.116. The lowest BCUT2D eigenvalue weighted by molar-refractivity contribution is 0.0729. The van der Waals surface area contributed by atoms with Gasteiger partial charge in [-0.15, -0.1) is 0 Å². The van der Waals surface area contributed by atoms with Crippen molar-refractivity contribution in [2.24, 2.45) is 0 Å². The molecule has 2 heterocycles. The van der Waals surface area contributed by atoms with Crippen molar-refractivity contribution in [3.05, 3.63) is 23.7 Å². The van der Waals surface area contributed by atoms with Gasteiger partial charge in [0.15, 0.2) is 0 Å². The van der Waals surface area contributed by atoms with E-state index >= 15 is 0 Å². The highest BCUT2D eigenvalue weighted by molar-refractivity contribution is 5.95. The van der Waals surface area contributed by atoms with Gasteiger partial charge in [0, 0.05) is 25.6 Å². The summed E-state index contributed by atoms with van der Waals surface area (Å²) >= 11 is 0. The van der Waals surface area contributed by atoms with E-state index in [4.69, 9.17) is 4.42 Å². The van der Waals surface area contributed by atoms with Crippen molar-refractivity contribution in [1.82, 2.24) is 10.2 Å². The Hall–Kier alpha value is -1.29. The van der Waals surface area contributed by atoms with E-state index in [0.717, 1.165) is 43.8 Å². The number of carbonyl (C=O) groups excluding carboxylic acids is 1. The van der Waals surface area contributed by atoms with Gasteiger partial charge in [-0.2, -0.15) is 0 Å². The lowest BCUT2D eigenvalue weighted by Gasteiger charge is -2.30. The maximum absolute atomic E-state index is 12.7. The summed E-state index contributed by atoms with van der Waals surface area (Å²) in [7, 11) is 0. The quantitative estimate of drug-likeness (QED) is 0.870. The number of nitrogens with one attached hydrogen (secondary N) is 1. The number of aryl methyl sites for hydroxylation is 1. The van der Waals surface area contributed by atoms with Crippen LogP contribution in [0.25, 0.3) is 0 Å². The van der Waals surface area contributed by atoms with Gasteiger partial charge in [-0.05, 0) is 31.9 Å². The van der Waals surface area contributed by atoms with Gasteiger partial charge in [-0.1, -0.05) is 20.3 Å². The summed E-state index contributed by atoms with van der Waals surface area (Å²) in [6.45, 7) is 6.82. The van der Waals surface area contributed by atoms with Crippen LogP contribution in [-0.2, 0) is 6.42 Å². The van der Waals surface area contributed by atoms with Crippen LogP contribution in [0.3, 0.4) is 0 Å². The Labute approximate surface area is 121 Å². The zero-order valence-electron chi connectivity index (χ0n) is 12.7. The van der Waals surface area contributed by atoms with Gasteiger partial charge in [0.25, 0.3) is 5.91 Å². The normalized spacial score (nSPS) is 19.0. The molecule has 1 atom stereocenters. The molecule has 4 heteroatoms. The van der Waals surface area contributed by atoms with Crippen LogP contribution in [0.4, 0.5) is 0 Å². The van der Waals surface area contributed by atoms with Crippen LogP contribution in [0.2, 0.25) is 0 Å². The highest BCUT2D eigenvalue weighted by atomic mass is 16.3. The maximum Gasteiger partial charge on any atom is 0.257 e. The summed E-state index contributed by atoms with van der Waals surface area (Å²) < 4.78 is 5.39. The summed E-state index contributed by atoms with van der Waals surface area (Å²) in [4.78, 5) is 14.7. The SMILES string of the molecule is CCCN(CC1CCCCN1)C(=O)c1ccoc1CC. The minimum Gasteiger partial charge on any atom is -0.469 e. The van der Waals surface area contributed by atoms with Crippen LogP contribution in [0, 0.1) is 0 Å². The smallest absolute Gasteiger partial charge is 0.257 e. The van der Waals surface area contributed by atoms with Gasteiger partial charge in [0.2, 0.25) is 0 Å². The third kappa shape index (κ3) is 3.63. The molecule has 1 fully saturated rings. The van der Waals surface area contributed by atoms with E-state index in [1.807, 2.05) is 11.8 Å². The molecule has 0 saturated carbocycles. The summed E-state index contributed by atoms with van der Waals surface area (Å²) in [5.41, 5.74) is 0.733. The molecular formula is C16H26N2O2. The van der Waals surface area contributed by atoms with Gasteiger partial charge >= 0.3 is 0 Å². The molecule has 0 aliphatic carbocycles. The molecule has 0 radical (unpaired) electrons. The molecule has 2 rings (SSSR count). The lowest BCUT2D eigenvalue weighted by atomic mass is 10.0. The Morgan fingerprint density at radius 2 is 2.30 bits per heavy atom. The van der Waals surface area contributed by atoms with Crippen molar-refractivity contribution >= 4 is 5.91 Å². The Balaban J connectivity index is 2.04. The summed E-state index contributed by atoms with van der Waals surface area (Å²) in [5, 5.41) is 3.52. The van der Waals surface area contributed by atoms with Crippen LogP contribution >= 0.6 is 0 Å². The van der Waals surface area contributed by atoms with Crippen LogP contribution < -0.4 is 5.32 Å². The first-order valence-corrected chi connectivity index (χ1v) is 7.85. The van der Waals surface area contributed by atoms with E-state index in [1.54, 1.807) is 12.3 Å². The first-order valence-electron chi connectivity index (χ1n) is 7.85. The zero-order valence-corrected chi connectivity index (χ0v) is 12.7. The number of nitrogens with zero attached hydrogens (tertiary/aromatic N) is 1. The summed E-state index contributed by atoms with van der Waals surface area (Å²) in [6.07, 6.45) is 7.04. The van der Waals surface area contributed by atoms with E-state index in [2.05, 4.69) is 12.2 Å². The number of rotatable bonds is 6. The standard InChI is InChI=1S/C16H26N2O2/c1-3-10-18(12-13-7-5-6-9-17-13)16(19)14-8-11-20-15(14)4-2/h8,11,13,17H,3-7,9-10,12H2,1-2H3. The number of piperidine rings is 1. The van der Waals surface area contributed by atoms with E-state index in [-0.39, 0.29) is 5.91 Å². The average Bonchev–Trinajstić information content (AvgIpc) is 2.95. The van der Waals surface area contributed by atoms with Gasteiger partial charge in [-0.25, -0.2) is 0 Å². The molecular weight excluding hydrogens is 252 g/mol. The second-order valence-electron chi connectivity index (χ2n) is 5.51. The molecule has 1 aliphatic heterocycles. The van der Waals surface area contributed by atoms with Crippen LogP contribution in [0.1, 0.15) is 55.6 Å². The fraction of sp³-hybridized carbons (Fsp3) is 0.688. The van der Waals surface area contributed by atoms with Crippen molar-refractivity contribution in [3.63, 3.8) is 0 Å². The first kappa shape index (κ1) is 15.1. The van der Waals surface area contributed by atoms with Gasteiger partial charge < -0.3 is 14.6 Å². The molecule has 1 aliphatic rings. The Morgan fingerprint density at radius 1 is 1.45 bits per heavy atom. The molecule has 112 valence electrons. The van der Waals surface area contributed by atoms with Gasteiger partial charge in [0.1, 0.15) is 5.76 Å². The first-order chi connectivity index (χ1) is 9.76. The Kier molecular flexibility index (Phi) is 5.65. The highest BCUT2D eigenvalue weighted by Crippen LogP contribution is 2.16. The Bertz CT molecular complexity index is 422. The fourth-order valence-electron chi connectivity index (χ4n) is 2.87. The fourth-order valence-corrected chi connectivity index (χ4v) is 2.87. The number of amides is 1. The maximum atomic E-state index is 12.7. The molecule has 0 bridgehead atoms. The predicted molar refractivity (Wildman–Crippen MR) is 79.9 cm³/mol. The van der Waals surface area contributed by atoms with Crippen LogP contribution in [-0.4, -0.2) is 36.5 Å². The van der Waals surface area contributed by atoms with Crippen molar-refractivity contribution < 1.29 is 9.21 Å². The van der Waals surface area contributed by atoms with Gasteiger partial charge in [-0.3, -0.25) is 4.79 Å². The molecule has 0 spiro atoms. The van der Waals surface area contributed by atoms with E-state index in [0.29, 0.717) is 6.04 Å². The largest absolute Gasteiger partial charge is 0.469 e. The van der Waals surface area contributed by atoms with Crippen LogP contribution in [0.5, 0.6) is 0 Å². The molecule has 1 amide bonds. The molecule has 1 unspecified atom stereocenters. The number of furan rings is 1. The number of carbonyl (C=O) groups is 1. The molecule has 20 heavy (non-hydrogen) atoms. The van der Waals surface area contributed by atoms with Crippen molar-refractivity contribution in [2.45, 2.75) is 52.0 Å². The van der Waals surface area contributed by atoms with Crippen molar-refractivity contribution in [1.29, 1.82) is 0 Å². The molecule has 1 aromatic rings. The minimum absolute atomic E-state index is 0.116. The van der Waals surface area contributed by atoms with Gasteiger partial charge in [0.05, 0.1) is 11.8 Å².